The Morgan fingerprint density at radius 3 is 2.43 bits per heavy atom. The molecule has 0 radical (unpaired) electrons. The number of H-pyrrole nitrogens is 1. The molecule has 2 aromatic heterocycles. The maximum absolute atomic E-state index is 13.8. The summed E-state index contributed by atoms with van der Waals surface area (Å²) in [6, 6.07) is 11.5. The largest absolute Gasteiger partial charge is 0.379 e. The topological polar surface area (TPSA) is 103 Å². The first kappa shape index (κ1) is 31.9. The predicted molar refractivity (Wildman–Crippen MR) is 176 cm³/mol. The van der Waals surface area contributed by atoms with E-state index in [1.54, 1.807) is 0 Å². The molecule has 3 aromatic rings. The number of hydrogen-bond acceptors (Lipinski definition) is 7. The van der Waals surface area contributed by atoms with Gasteiger partial charge in [-0.05, 0) is 95.3 Å². The number of piperidine rings is 1. The van der Waals surface area contributed by atoms with Crippen LogP contribution < -0.4 is 21.1 Å². The first-order valence-electron chi connectivity index (χ1n) is 16.0. The van der Waals surface area contributed by atoms with Crippen molar-refractivity contribution < 1.29 is 9.53 Å². The lowest BCUT2D eigenvalue weighted by molar-refractivity contribution is 0.0336. The van der Waals surface area contributed by atoms with Gasteiger partial charge < -0.3 is 25.3 Å². The molecule has 236 valence electrons. The molecule has 0 spiro atoms. The van der Waals surface area contributed by atoms with Gasteiger partial charge in [-0.2, -0.15) is 0 Å². The monoisotopic (exact) mass is 600 g/mol. The number of aryl methyl sites for hydroxylation is 2. The van der Waals surface area contributed by atoms with Gasteiger partial charge in [0.25, 0.3) is 11.5 Å². The van der Waals surface area contributed by atoms with Crippen molar-refractivity contribution in [3.63, 3.8) is 0 Å². The molecule has 2 fully saturated rings. The highest BCUT2D eigenvalue weighted by atomic mass is 16.5. The molecule has 44 heavy (non-hydrogen) atoms. The van der Waals surface area contributed by atoms with Gasteiger partial charge in [0.2, 0.25) is 0 Å². The van der Waals surface area contributed by atoms with Crippen molar-refractivity contribution in [2.24, 2.45) is 0 Å². The van der Waals surface area contributed by atoms with Crippen LogP contribution in [0.4, 0.5) is 5.69 Å². The highest BCUT2D eigenvalue weighted by Crippen LogP contribution is 2.34. The van der Waals surface area contributed by atoms with Crippen LogP contribution in [0.1, 0.15) is 72.0 Å². The van der Waals surface area contributed by atoms with E-state index in [4.69, 9.17) is 9.72 Å². The molecule has 3 atom stereocenters. The Morgan fingerprint density at radius 1 is 1.07 bits per heavy atom. The molecular formula is C35H48N6O3. The summed E-state index contributed by atoms with van der Waals surface area (Å²) in [6.45, 7) is 17.6. The Balaban J connectivity index is 1.48. The molecule has 0 aliphatic carbocycles. The van der Waals surface area contributed by atoms with E-state index in [1.807, 2.05) is 39.1 Å². The first-order valence-corrected chi connectivity index (χ1v) is 16.0. The van der Waals surface area contributed by atoms with Gasteiger partial charge in [0, 0.05) is 85.1 Å². The van der Waals surface area contributed by atoms with E-state index in [0.717, 1.165) is 91.6 Å². The SMILES string of the molecule is CCN(c1cc(-c2ccc(CN3CCOCC3)nc2)cc(C(=O)NCc2c(C)cc(C)[nH]c2=O)c1C)C1CC(C)N[C@H](C)C1. The number of morpholine rings is 1. The number of nitrogens with zero attached hydrogens (tertiary/aromatic N) is 3. The Morgan fingerprint density at radius 2 is 1.80 bits per heavy atom. The van der Waals surface area contributed by atoms with Crippen LogP contribution >= 0.6 is 0 Å². The Bertz CT molecular complexity index is 1500. The lowest BCUT2D eigenvalue weighted by atomic mass is 9.91. The van der Waals surface area contributed by atoms with Crippen molar-refractivity contribution in [1.82, 2.24) is 25.5 Å². The summed E-state index contributed by atoms with van der Waals surface area (Å²) < 4.78 is 5.49. The van der Waals surface area contributed by atoms with Gasteiger partial charge in [0.05, 0.1) is 18.9 Å². The number of carbonyl (C=O) groups excluding carboxylic acids is 1. The zero-order chi connectivity index (χ0) is 31.4. The fourth-order valence-electron chi connectivity index (χ4n) is 6.86. The molecule has 2 saturated heterocycles. The zero-order valence-electron chi connectivity index (χ0n) is 27.1. The van der Waals surface area contributed by atoms with Crippen molar-refractivity contribution in [2.75, 3.05) is 37.7 Å². The third kappa shape index (κ3) is 7.39. The lowest BCUT2D eigenvalue weighted by Gasteiger charge is -2.41. The second kappa shape index (κ2) is 14.1. The average Bonchev–Trinajstić information content (AvgIpc) is 2.98. The van der Waals surface area contributed by atoms with Gasteiger partial charge in [-0.25, -0.2) is 0 Å². The van der Waals surface area contributed by atoms with Crippen LogP contribution in [0.5, 0.6) is 0 Å². The third-order valence-electron chi connectivity index (χ3n) is 9.10. The molecule has 9 heteroatoms. The van der Waals surface area contributed by atoms with Crippen molar-refractivity contribution in [1.29, 1.82) is 0 Å². The van der Waals surface area contributed by atoms with Crippen molar-refractivity contribution >= 4 is 11.6 Å². The molecular weight excluding hydrogens is 552 g/mol. The highest BCUT2D eigenvalue weighted by Gasteiger charge is 2.29. The van der Waals surface area contributed by atoms with Gasteiger partial charge >= 0.3 is 0 Å². The lowest BCUT2D eigenvalue weighted by Crippen LogP contribution is -2.51. The number of amides is 1. The van der Waals surface area contributed by atoms with Gasteiger partial charge in [0.1, 0.15) is 0 Å². The van der Waals surface area contributed by atoms with Crippen molar-refractivity contribution in [3.8, 4) is 11.1 Å². The number of aromatic nitrogens is 2. The minimum atomic E-state index is -0.190. The van der Waals surface area contributed by atoms with Gasteiger partial charge in [-0.1, -0.05) is 6.07 Å². The van der Waals surface area contributed by atoms with Crippen LogP contribution in [0.15, 0.2) is 41.3 Å². The standard InChI is InChI=1S/C35H48N6O3/c1-7-41(30-15-24(4)38-25(5)16-30)33-18-28(27-8-9-29(36-19-27)21-40-10-12-44-13-11-40)17-31(26(33)6)34(42)37-20-32-22(2)14-23(3)39-35(32)43/h8-9,14,17-19,24-25,30,38H,7,10-13,15-16,20-21H2,1-6H3,(H,37,42)(H,39,43)/t24-,25?,30?/m1/s1. The minimum absolute atomic E-state index is 0.163. The molecule has 2 aliphatic rings. The maximum atomic E-state index is 13.8. The second-order valence-corrected chi connectivity index (χ2v) is 12.6. The van der Waals surface area contributed by atoms with Crippen LogP contribution in [-0.4, -0.2) is 71.7 Å². The van der Waals surface area contributed by atoms with Crippen LogP contribution in [0.2, 0.25) is 0 Å². The number of benzene rings is 1. The average molecular weight is 601 g/mol. The van der Waals surface area contributed by atoms with Crippen LogP contribution in [0, 0.1) is 20.8 Å². The predicted octanol–water partition coefficient (Wildman–Crippen LogP) is 4.48. The van der Waals surface area contributed by atoms with E-state index in [2.05, 4.69) is 64.4 Å². The molecule has 9 nitrogen and oxygen atoms in total. The molecule has 0 bridgehead atoms. The number of anilines is 1. The smallest absolute Gasteiger partial charge is 0.253 e. The second-order valence-electron chi connectivity index (χ2n) is 12.6. The summed E-state index contributed by atoms with van der Waals surface area (Å²) in [5.41, 5.74) is 7.67. The number of nitrogens with one attached hydrogen (secondary N) is 3. The van der Waals surface area contributed by atoms with E-state index in [1.165, 1.54) is 0 Å². The number of hydrogen-bond donors (Lipinski definition) is 3. The third-order valence-corrected chi connectivity index (χ3v) is 9.10. The fourth-order valence-corrected chi connectivity index (χ4v) is 6.86. The molecule has 3 N–H and O–H groups in total. The number of pyridine rings is 2. The summed E-state index contributed by atoms with van der Waals surface area (Å²) in [5.74, 6) is -0.190. The van der Waals surface area contributed by atoms with Crippen LogP contribution in [-0.2, 0) is 17.8 Å². The summed E-state index contributed by atoms with van der Waals surface area (Å²) in [6.07, 6.45) is 4.00. The summed E-state index contributed by atoms with van der Waals surface area (Å²) in [4.78, 5) is 39.0. The summed E-state index contributed by atoms with van der Waals surface area (Å²) >= 11 is 0. The fraction of sp³-hybridized carbons (Fsp3) is 0.514. The number of ether oxygens (including phenoxy) is 1. The van der Waals surface area contributed by atoms with E-state index in [-0.39, 0.29) is 18.0 Å². The quantitative estimate of drug-likeness (QED) is 0.333. The maximum Gasteiger partial charge on any atom is 0.253 e. The molecule has 1 aromatic carbocycles. The van der Waals surface area contributed by atoms with Crippen LogP contribution in [0.25, 0.3) is 11.1 Å². The minimum Gasteiger partial charge on any atom is -0.379 e. The highest BCUT2D eigenvalue weighted by molar-refractivity contribution is 5.99. The number of rotatable bonds is 9. The summed E-state index contributed by atoms with van der Waals surface area (Å²) in [5, 5.41) is 6.71. The Labute approximate surface area is 261 Å². The Kier molecular flexibility index (Phi) is 10.2. The summed E-state index contributed by atoms with van der Waals surface area (Å²) in [7, 11) is 0. The molecule has 2 unspecified atom stereocenters. The molecule has 1 amide bonds. The number of aromatic amines is 1. The molecule has 4 heterocycles. The molecule has 0 saturated carbocycles. The van der Waals surface area contributed by atoms with Gasteiger partial charge in [0.15, 0.2) is 0 Å². The number of carbonyl (C=O) groups is 1. The molecule has 2 aliphatic heterocycles. The van der Waals surface area contributed by atoms with E-state index < -0.39 is 0 Å². The normalized spacial score (nSPS) is 20.8. The zero-order valence-corrected chi connectivity index (χ0v) is 27.1. The first-order chi connectivity index (χ1) is 21.1. The molecule has 5 rings (SSSR count). The van der Waals surface area contributed by atoms with Crippen molar-refractivity contribution in [3.05, 3.63) is 80.5 Å². The van der Waals surface area contributed by atoms with Crippen molar-refractivity contribution in [2.45, 2.75) is 85.6 Å². The van der Waals surface area contributed by atoms with E-state index in [9.17, 15) is 9.59 Å². The van der Waals surface area contributed by atoms with E-state index >= 15 is 0 Å². The van der Waals surface area contributed by atoms with E-state index in [0.29, 0.717) is 29.3 Å². The van der Waals surface area contributed by atoms with Gasteiger partial charge in [-0.3, -0.25) is 19.5 Å². The Hall–Kier alpha value is -3.53. The van der Waals surface area contributed by atoms with Crippen LogP contribution in [0.3, 0.4) is 0 Å². The van der Waals surface area contributed by atoms with Gasteiger partial charge in [-0.15, -0.1) is 0 Å².